The molecule has 2 aromatic rings. The van der Waals surface area contributed by atoms with Crippen molar-refractivity contribution < 1.29 is 22.7 Å². The maximum atomic E-state index is 12.6. The molecule has 1 aromatic carbocycles. The summed E-state index contributed by atoms with van der Waals surface area (Å²) in [4.78, 5) is 18.0. The van der Waals surface area contributed by atoms with Gasteiger partial charge in [-0.25, -0.2) is 17.9 Å². The van der Waals surface area contributed by atoms with Crippen LogP contribution in [-0.4, -0.2) is 70.4 Å². The normalized spacial score (nSPS) is 16.4. The third kappa shape index (κ3) is 5.24. The number of carbonyl (C=O) groups is 1. The van der Waals surface area contributed by atoms with E-state index < -0.39 is 10.0 Å². The number of nitrogens with one attached hydrogen (secondary N) is 2. The van der Waals surface area contributed by atoms with Crippen molar-refractivity contribution in [3.05, 3.63) is 29.8 Å². The molecule has 0 amide bonds. The molecule has 8 nitrogen and oxygen atoms in total. The van der Waals surface area contributed by atoms with Gasteiger partial charge < -0.3 is 19.4 Å². The molecule has 154 valence electrons. The first-order valence-corrected chi connectivity index (χ1v) is 11.3. The smallest absolute Gasteiger partial charge is 0.344 e. The van der Waals surface area contributed by atoms with E-state index in [-0.39, 0.29) is 5.97 Å². The molecule has 0 radical (unpaired) electrons. The summed E-state index contributed by atoms with van der Waals surface area (Å²) in [6.07, 6.45) is 2.99. The molecule has 0 spiro atoms. The standard InChI is InChI=1S/C19H27N3O5S/c1-26-18-17(15-5-3-4-6-16(15)21-18)19(23)27-13-14-7-10-22(11-8-14)12-9-20-28(2,24)25/h3-6,14,20-21H,7-13H2,1-2H3. The quantitative estimate of drug-likeness (QED) is 0.642. The second kappa shape index (κ2) is 8.93. The Morgan fingerprint density at radius 1 is 1.29 bits per heavy atom. The van der Waals surface area contributed by atoms with Gasteiger partial charge in [-0.3, -0.25) is 0 Å². The molecule has 1 aromatic heterocycles. The Hall–Kier alpha value is -2.10. The summed E-state index contributed by atoms with van der Waals surface area (Å²) in [6.45, 7) is 3.20. The van der Waals surface area contributed by atoms with E-state index in [2.05, 4.69) is 14.6 Å². The van der Waals surface area contributed by atoms with Crippen LogP contribution < -0.4 is 9.46 Å². The van der Waals surface area contributed by atoms with Crippen LogP contribution in [0, 0.1) is 5.92 Å². The van der Waals surface area contributed by atoms with Crippen LogP contribution in [0.5, 0.6) is 5.88 Å². The maximum absolute atomic E-state index is 12.6. The molecule has 28 heavy (non-hydrogen) atoms. The zero-order valence-corrected chi connectivity index (χ0v) is 17.0. The Morgan fingerprint density at radius 3 is 2.68 bits per heavy atom. The molecule has 2 N–H and O–H groups in total. The Labute approximate surface area is 165 Å². The van der Waals surface area contributed by atoms with Crippen molar-refractivity contribution in [2.45, 2.75) is 12.8 Å². The van der Waals surface area contributed by atoms with Gasteiger partial charge in [-0.2, -0.15) is 0 Å². The van der Waals surface area contributed by atoms with Crippen molar-refractivity contribution in [2.75, 3.05) is 46.2 Å². The predicted molar refractivity (Wildman–Crippen MR) is 107 cm³/mol. The number of benzene rings is 1. The molecule has 1 fully saturated rings. The number of aromatic nitrogens is 1. The number of fused-ring (bicyclic) bond motifs is 1. The van der Waals surface area contributed by atoms with E-state index in [1.807, 2.05) is 24.3 Å². The van der Waals surface area contributed by atoms with Crippen LogP contribution in [0.1, 0.15) is 23.2 Å². The third-order valence-corrected chi connectivity index (χ3v) is 5.76. The van der Waals surface area contributed by atoms with Crippen LogP contribution in [0.15, 0.2) is 24.3 Å². The number of piperidine rings is 1. The fraction of sp³-hybridized carbons (Fsp3) is 0.526. The minimum Gasteiger partial charge on any atom is -0.482 e. The van der Waals surface area contributed by atoms with Crippen molar-refractivity contribution in [2.24, 2.45) is 5.92 Å². The van der Waals surface area contributed by atoms with Gasteiger partial charge in [-0.15, -0.1) is 0 Å². The van der Waals surface area contributed by atoms with Gasteiger partial charge in [0.15, 0.2) is 0 Å². The molecule has 0 atom stereocenters. The number of carbonyl (C=O) groups excluding carboxylic acids is 1. The fourth-order valence-electron chi connectivity index (χ4n) is 3.50. The number of para-hydroxylation sites is 1. The topological polar surface area (TPSA) is 101 Å². The average molecular weight is 410 g/mol. The third-order valence-electron chi connectivity index (χ3n) is 5.03. The maximum Gasteiger partial charge on any atom is 0.344 e. The second-order valence-electron chi connectivity index (χ2n) is 7.13. The lowest BCUT2D eigenvalue weighted by Crippen LogP contribution is -2.40. The summed E-state index contributed by atoms with van der Waals surface area (Å²) in [6, 6.07) is 7.53. The number of aromatic amines is 1. The number of sulfonamides is 1. The van der Waals surface area contributed by atoms with Crippen LogP contribution in [0.25, 0.3) is 10.9 Å². The van der Waals surface area contributed by atoms with E-state index in [0.29, 0.717) is 37.1 Å². The van der Waals surface area contributed by atoms with E-state index in [0.717, 1.165) is 43.1 Å². The van der Waals surface area contributed by atoms with Gasteiger partial charge in [0.1, 0.15) is 5.56 Å². The molecule has 2 heterocycles. The van der Waals surface area contributed by atoms with E-state index >= 15 is 0 Å². The number of hydrogen-bond donors (Lipinski definition) is 2. The number of rotatable bonds is 8. The van der Waals surface area contributed by atoms with Gasteiger partial charge in [-0.1, -0.05) is 18.2 Å². The summed E-state index contributed by atoms with van der Waals surface area (Å²) >= 11 is 0. The summed E-state index contributed by atoms with van der Waals surface area (Å²) in [5.41, 5.74) is 1.27. The SMILES string of the molecule is COc1[nH]c2ccccc2c1C(=O)OCC1CCN(CCNS(C)(=O)=O)CC1. The van der Waals surface area contributed by atoms with Gasteiger partial charge in [0.05, 0.1) is 20.0 Å². The van der Waals surface area contributed by atoms with Crippen LogP contribution in [0.2, 0.25) is 0 Å². The van der Waals surface area contributed by atoms with Gasteiger partial charge in [0, 0.05) is 24.0 Å². The van der Waals surface area contributed by atoms with E-state index in [9.17, 15) is 13.2 Å². The first-order chi connectivity index (χ1) is 13.4. The lowest BCUT2D eigenvalue weighted by molar-refractivity contribution is 0.0373. The molecule has 1 saturated heterocycles. The Bertz CT molecular complexity index is 917. The van der Waals surface area contributed by atoms with E-state index in [4.69, 9.17) is 9.47 Å². The summed E-state index contributed by atoms with van der Waals surface area (Å²) in [5.74, 6) is 0.341. The van der Waals surface area contributed by atoms with Gasteiger partial charge in [0.25, 0.3) is 0 Å². The number of esters is 1. The molecule has 1 aliphatic rings. The highest BCUT2D eigenvalue weighted by molar-refractivity contribution is 7.88. The van der Waals surface area contributed by atoms with Crippen molar-refractivity contribution in [3.63, 3.8) is 0 Å². The molecule has 3 rings (SSSR count). The van der Waals surface area contributed by atoms with Crippen molar-refractivity contribution >= 4 is 26.9 Å². The van der Waals surface area contributed by atoms with E-state index in [1.54, 1.807) is 0 Å². The second-order valence-corrected chi connectivity index (χ2v) is 8.96. The first-order valence-electron chi connectivity index (χ1n) is 9.36. The Kier molecular flexibility index (Phi) is 6.58. The molecular formula is C19H27N3O5S. The average Bonchev–Trinajstić information content (AvgIpc) is 3.05. The monoisotopic (exact) mass is 409 g/mol. The van der Waals surface area contributed by atoms with Crippen molar-refractivity contribution in [1.29, 1.82) is 0 Å². The van der Waals surface area contributed by atoms with Crippen molar-refractivity contribution in [1.82, 2.24) is 14.6 Å². The molecule has 1 aliphatic heterocycles. The van der Waals surface area contributed by atoms with Crippen LogP contribution >= 0.6 is 0 Å². The van der Waals surface area contributed by atoms with Gasteiger partial charge in [-0.05, 0) is 37.9 Å². The van der Waals surface area contributed by atoms with Crippen molar-refractivity contribution in [3.8, 4) is 5.88 Å². The lowest BCUT2D eigenvalue weighted by atomic mass is 9.98. The molecular weight excluding hydrogens is 382 g/mol. The lowest BCUT2D eigenvalue weighted by Gasteiger charge is -2.31. The van der Waals surface area contributed by atoms with Crippen LogP contribution in [0.4, 0.5) is 0 Å². The van der Waals surface area contributed by atoms with Crippen LogP contribution in [0.3, 0.4) is 0 Å². The number of likely N-dealkylation sites (tertiary alicyclic amines) is 1. The van der Waals surface area contributed by atoms with E-state index in [1.165, 1.54) is 7.11 Å². The summed E-state index contributed by atoms with van der Waals surface area (Å²) in [5, 5.41) is 0.789. The Morgan fingerprint density at radius 2 is 2.00 bits per heavy atom. The largest absolute Gasteiger partial charge is 0.482 e. The summed E-state index contributed by atoms with van der Waals surface area (Å²) < 4.78 is 35.6. The van der Waals surface area contributed by atoms with Crippen LogP contribution in [-0.2, 0) is 14.8 Å². The fourth-order valence-corrected chi connectivity index (χ4v) is 3.97. The minimum atomic E-state index is -3.14. The zero-order valence-electron chi connectivity index (χ0n) is 16.2. The van der Waals surface area contributed by atoms with Gasteiger partial charge in [0.2, 0.25) is 15.9 Å². The number of hydrogen-bond acceptors (Lipinski definition) is 6. The molecule has 0 unspecified atom stereocenters. The molecule has 0 saturated carbocycles. The molecule has 0 aliphatic carbocycles. The highest BCUT2D eigenvalue weighted by Crippen LogP contribution is 2.29. The number of ether oxygens (including phenoxy) is 2. The number of methoxy groups -OCH3 is 1. The zero-order chi connectivity index (χ0) is 20.1. The minimum absolute atomic E-state index is 0.305. The number of nitrogens with zero attached hydrogens (tertiary/aromatic N) is 1. The highest BCUT2D eigenvalue weighted by Gasteiger charge is 2.24. The molecule has 0 bridgehead atoms. The van der Waals surface area contributed by atoms with Gasteiger partial charge >= 0.3 is 5.97 Å². The highest BCUT2D eigenvalue weighted by atomic mass is 32.2. The molecule has 9 heteroatoms. The number of H-pyrrole nitrogens is 1. The predicted octanol–water partition coefficient (Wildman–Crippen LogP) is 1.59. The Balaban J connectivity index is 1.49. The summed E-state index contributed by atoms with van der Waals surface area (Å²) in [7, 11) is -1.62. The first kappa shape index (κ1) is 20.6.